The molecular weight excluding hydrogens is 532 g/mol. The lowest BCUT2D eigenvalue weighted by Gasteiger charge is -2.17. The minimum Gasteiger partial charge on any atom is -0.456 e. The summed E-state index contributed by atoms with van der Waals surface area (Å²) in [6.07, 6.45) is 15.8. The summed E-state index contributed by atoms with van der Waals surface area (Å²) in [5.41, 5.74) is 9.99. The predicted octanol–water partition coefficient (Wildman–Crippen LogP) is 12.2. The molecule has 208 valence electrons. The Morgan fingerprint density at radius 2 is 1.30 bits per heavy atom. The lowest BCUT2D eigenvalue weighted by Crippen LogP contribution is -1.90. The lowest BCUT2D eigenvalue weighted by atomic mass is 9.85. The molecule has 0 saturated carbocycles. The Bertz CT molecular complexity index is 2300. The number of fused-ring (bicyclic) bond motifs is 5. The van der Waals surface area contributed by atoms with E-state index < -0.39 is 0 Å². The number of allylic oxidation sites excluding steroid dienone is 9. The number of hydrogen-bond donors (Lipinski definition) is 0. The van der Waals surface area contributed by atoms with E-state index in [1.807, 2.05) is 0 Å². The Morgan fingerprint density at radius 3 is 1.98 bits per heavy atom. The van der Waals surface area contributed by atoms with Gasteiger partial charge in [0.05, 0.1) is 0 Å². The second kappa shape index (κ2) is 10.9. The van der Waals surface area contributed by atoms with Crippen LogP contribution in [0.1, 0.15) is 12.0 Å². The van der Waals surface area contributed by atoms with E-state index in [0.717, 1.165) is 39.5 Å². The van der Waals surface area contributed by atoms with Crippen LogP contribution in [0.5, 0.6) is 0 Å². The summed E-state index contributed by atoms with van der Waals surface area (Å²) in [5.74, 6) is 0. The van der Waals surface area contributed by atoms with Crippen LogP contribution in [0, 0.1) is 0 Å². The molecule has 0 bridgehead atoms. The van der Waals surface area contributed by atoms with Gasteiger partial charge in [-0.3, -0.25) is 0 Å². The number of furan rings is 1. The van der Waals surface area contributed by atoms with Crippen LogP contribution in [0.2, 0.25) is 0 Å². The zero-order valence-corrected chi connectivity index (χ0v) is 24.3. The maximum atomic E-state index is 6.39. The minimum absolute atomic E-state index is 0.872. The summed E-state index contributed by atoms with van der Waals surface area (Å²) in [7, 11) is 0. The first-order valence-electron chi connectivity index (χ1n) is 15.1. The summed E-state index contributed by atoms with van der Waals surface area (Å²) in [4.78, 5) is 0. The van der Waals surface area contributed by atoms with E-state index in [1.54, 1.807) is 0 Å². The van der Waals surface area contributed by atoms with Gasteiger partial charge in [-0.2, -0.15) is 0 Å². The molecule has 8 rings (SSSR count). The van der Waals surface area contributed by atoms with E-state index >= 15 is 0 Å². The standard InChI is InChI=1S/C43H30O/c1-29(14-12-17-30-15-4-2-5-16-30)33-24-13-25-40-43(33)38-28-32(26-27-39(38)44-40)42-36-22-10-8-20-34(36)41(31-18-6-3-7-19-31)35-21-9-11-23-37(35)42/h2-15,17-28H,1,16H2/b14-12-,30-17-. The van der Waals surface area contributed by atoms with Crippen molar-refractivity contribution in [1.82, 2.24) is 0 Å². The highest BCUT2D eigenvalue weighted by Gasteiger charge is 2.18. The monoisotopic (exact) mass is 562 g/mol. The molecule has 1 aromatic heterocycles. The number of rotatable bonds is 5. The number of benzene rings is 6. The van der Waals surface area contributed by atoms with Gasteiger partial charge in [0, 0.05) is 10.8 Å². The minimum atomic E-state index is 0.872. The largest absolute Gasteiger partial charge is 0.456 e. The van der Waals surface area contributed by atoms with Crippen LogP contribution in [-0.4, -0.2) is 0 Å². The molecule has 0 saturated heterocycles. The maximum Gasteiger partial charge on any atom is 0.136 e. The van der Waals surface area contributed by atoms with E-state index in [0.29, 0.717) is 0 Å². The number of hydrogen-bond acceptors (Lipinski definition) is 1. The third-order valence-electron chi connectivity index (χ3n) is 8.64. The van der Waals surface area contributed by atoms with Gasteiger partial charge in [0.25, 0.3) is 0 Å². The van der Waals surface area contributed by atoms with Gasteiger partial charge >= 0.3 is 0 Å². The Balaban J connectivity index is 1.33. The molecule has 0 amide bonds. The fraction of sp³-hybridized carbons (Fsp3) is 0.0233. The van der Waals surface area contributed by atoms with Crippen LogP contribution < -0.4 is 0 Å². The van der Waals surface area contributed by atoms with Gasteiger partial charge in [-0.1, -0.05) is 146 Å². The summed E-state index contributed by atoms with van der Waals surface area (Å²) in [6.45, 7) is 4.46. The molecule has 0 spiro atoms. The molecule has 1 heterocycles. The van der Waals surface area contributed by atoms with E-state index in [-0.39, 0.29) is 0 Å². The molecule has 0 radical (unpaired) electrons. The van der Waals surface area contributed by atoms with Crippen LogP contribution in [0.25, 0.3) is 71.3 Å². The van der Waals surface area contributed by atoms with E-state index in [4.69, 9.17) is 4.42 Å². The molecule has 1 heteroatoms. The summed E-state index contributed by atoms with van der Waals surface area (Å²) >= 11 is 0. The fourth-order valence-electron chi connectivity index (χ4n) is 6.64. The molecule has 0 N–H and O–H groups in total. The fourth-order valence-corrected chi connectivity index (χ4v) is 6.64. The van der Waals surface area contributed by atoms with Crippen molar-refractivity contribution in [3.63, 3.8) is 0 Å². The Kier molecular flexibility index (Phi) is 6.43. The van der Waals surface area contributed by atoms with Gasteiger partial charge in [0.1, 0.15) is 11.2 Å². The molecule has 1 aliphatic rings. The van der Waals surface area contributed by atoms with E-state index in [2.05, 4.69) is 164 Å². The lowest BCUT2D eigenvalue weighted by molar-refractivity contribution is 0.669. The zero-order chi connectivity index (χ0) is 29.5. The Labute approximate surface area is 257 Å². The summed E-state index contributed by atoms with van der Waals surface area (Å²) in [5, 5.41) is 7.18. The van der Waals surface area contributed by atoms with Crippen LogP contribution in [-0.2, 0) is 0 Å². The highest BCUT2D eigenvalue weighted by atomic mass is 16.3. The van der Waals surface area contributed by atoms with Crippen molar-refractivity contribution in [2.45, 2.75) is 6.42 Å². The van der Waals surface area contributed by atoms with Gasteiger partial charge in [0.2, 0.25) is 0 Å². The highest BCUT2D eigenvalue weighted by molar-refractivity contribution is 6.22. The topological polar surface area (TPSA) is 13.1 Å². The molecule has 1 aliphatic carbocycles. The Hall–Kier alpha value is -5.66. The Morgan fingerprint density at radius 1 is 0.614 bits per heavy atom. The van der Waals surface area contributed by atoms with E-state index in [1.165, 1.54) is 49.4 Å². The van der Waals surface area contributed by atoms with Crippen molar-refractivity contribution in [1.29, 1.82) is 0 Å². The summed E-state index contributed by atoms with van der Waals surface area (Å²) in [6, 6.07) is 41.2. The first-order chi connectivity index (χ1) is 21.8. The van der Waals surface area contributed by atoms with Crippen LogP contribution in [0.4, 0.5) is 0 Å². The molecule has 0 aliphatic heterocycles. The summed E-state index contributed by atoms with van der Waals surface area (Å²) < 4.78 is 6.39. The molecule has 0 fully saturated rings. The van der Waals surface area contributed by atoms with Crippen LogP contribution in [0.3, 0.4) is 0 Å². The van der Waals surface area contributed by atoms with E-state index in [9.17, 15) is 0 Å². The van der Waals surface area contributed by atoms with Crippen molar-refractivity contribution >= 4 is 49.1 Å². The predicted molar refractivity (Wildman–Crippen MR) is 189 cm³/mol. The first-order valence-corrected chi connectivity index (χ1v) is 15.1. The molecule has 6 aromatic carbocycles. The van der Waals surface area contributed by atoms with Crippen LogP contribution in [0.15, 0.2) is 174 Å². The smallest absolute Gasteiger partial charge is 0.136 e. The molecule has 44 heavy (non-hydrogen) atoms. The van der Waals surface area contributed by atoms with Gasteiger partial charge in [0.15, 0.2) is 0 Å². The van der Waals surface area contributed by atoms with Gasteiger partial charge < -0.3 is 4.42 Å². The van der Waals surface area contributed by atoms with Crippen LogP contribution >= 0.6 is 0 Å². The average molecular weight is 563 g/mol. The quantitative estimate of drug-likeness (QED) is 0.150. The first kappa shape index (κ1) is 26.0. The second-order valence-electron chi connectivity index (χ2n) is 11.3. The van der Waals surface area contributed by atoms with Crippen molar-refractivity contribution < 1.29 is 4.42 Å². The third-order valence-corrected chi connectivity index (χ3v) is 8.64. The van der Waals surface area contributed by atoms with Gasteiger partial charge in [-0.05, 0) is 85.1 Å². The van der Waals surface area contributed by atoms with Crippen molar-refractivity contribution in [2.24, 2.45) is 0 Å². The SMILES string of the molecule is C=C(/C=C\C=C1\C=CC=CC1)c1cccc2oc3ccc(-c4c5ccccc5c(-c5ccccc5)c5ccccc45)cc3c12. The molecule has 1 nitrogen and oxygen atoms in total. The molecule has 0 unspecified atom stereocenters. The molecule has 7 aromatic rings. The normalized spacial score (nSPS) is 14.1. The van der Waals surface area contributed by atoms with Crippen molar-refractivity contribution in [3.05, 3.63) is 176 Å². The van der Waals surface area contributed by atoms with Crippen molar-refractivity contribution in [2.75, 3.05) is 0 Å². The van der Waals surface area contributed by atoms with Gasteiger partial charge in [-0.25, -0.2) is 0 Å². The highest BCUT2D eigenvalue weighted by Crippen LogP contribution is 2.45. The third kappa shape index (κ3) is 4.42. The average Bonchev–Trinajstić information content (AvgIpc) is 3.46. The van der Waals surface area contributed by atoms with Gasteiger partial charge in [-0.15, -0.1) is 0 Å². The maximum absolute atomic E-state index is 6.39. The molecular formula is C43H30O. The van der Waals surface area contributed by atoms with Crippen molar-refractivity contribution in [3.8, 4) is 22.3 Å². The molecule has 0 atom stereocenters. The second-order valence-corrected chi connectivity index (χ2v) is 11.3. The zero-order valence-electron chi connectivity index (χ0n) is 24.3.